The zero-order valence-electron chi connectivity index (χ0n) is 18.7. The SMILES string of the molecule is CCCC1=C(C(C)=O)C(/C(=C/C=C\N)CCC)[N+](C)=C(Nc2nc3ccccc3o2)N1. The van der Waals surface area contributed by atoms with Gasteiger partial charge in [-0.15, -0.1) is 0 Å². The van der Waals surface area contributed by atoms with Gasteiger partial charge in [0.1, 0.15) is 11.6 Å². The molecule has 0 bridgehead atoms. The molecule has 0 aliphatic carbocycles. The lowest BCUT2D eigenvalue weighted by Gasteiger charge is -2.29. The molecule has 0 fully saturated rings. The number of para-hydroxylation sites is 2. The highest BCUT2D eigenvalue weighted by Gasteiger charge is 2.37. The summed E-state index contributed by atoms with van der Waals surface area (Å²) in [7, 11) is 1.96. The van der Waals surface area contributed by atoms with Gasteiger partial charge in [0.15, 0.2) is 11.4 Å². The molecule has 1 aliphatic rings. The number of hydrogen-bond donors (Lipinski definition) is 3. The number of fused-ring (bicyclic) bond motifs is 1. The summed E-state index contributed by atoms with van der Waals surface area (Å²) in [6.45, 7) is 5.87. The van der Waals surface area contributed by atoms with E-state index in [9.17, 15) is 4.79 Å². The van der Waals surface area contributed by atoms with E-state index >= 15 is 0 Å². The molecule has 3 rings (SSSR count). The first-order chi connectivity index (χ1) is 15.0. The number of hydrogen-bond acceptors (Lipinski definition) is 6. The van der Waals surface area contributed by atoms with Crippen LogP contribution in [0.4, 0.5) is 6.01 Å². The number of allylic oxidation sites excluding steroid dienone is 3. The summed E-state index contributed by atoms with van der Waals surface area (Å²) >= 11 is 0. The van der Waals surface area contributed by atoms with Crippen LogP contribution >= 0.6 is 0 Å². The Balaban J connectivity index is 2.09. The first-order valence-corrected chi connectivity index (χ1v) is 10.8. The Labute approximate surface area is 183 Å². The summed E-state index contributed by atoms with van der Waals surface area (Å²) in [6, 6.07) is 7.84. The molecule has 7 nitrogen and oxygen atoms in total. The summed E-state index contributed by atoms with van der Waals surface area (Å²) in [5.74, 6) is 0.788. The molecular weight excluding hydrogens is 390 g/mol. The molecule has 1 aromatic carbocycles. The predicted octanol–water partition coefficient (Wildman–Crippen LogP) is 4.05. The van der Waals surface area contributed by atoms with Gasteiger partial charge < -0.3 is 10.2 Å². The fourth-order valence-electron chi connectivity index (χ4n) is 4.00. The van der Waals surface area contributed by atoms with Gasteiger partial charge in [-0.1, -0.05) is 38.5 Å². The monoisotopic (exact) mass is 422 g/mol. The Morgan fingerprint density at radius 2 is 2.10 bits per heavy atom. The number of carbonyl (C=O) groups is 1. The van der Waals surface area contributed by atoms with Crippen LogP contribution in [0.15, 0.2) is 63.9 Å². The summed E-state index contributed by atoms with van der Waals surface area (Å²) < 4.78 is 7.90. The number of likely N-dealkylation sites (N-methyl/N-ethyl adjacent to an activating group) is 1. The largest absolute Gasteiger partial charge is 0.412 e. The van der Waals surface area contributed by atoms with Crippen LogP contribution in [0.3, 0.4) is 0 Å². The van der Waals surface area contributed by atoms with E-state index in [-0.39, 0.29) is 11.8 Å². The van der Waals surface area contributed by atoms with Crippen molar-refractivity contribution >= 4 is 28.9 Å². The van der Waals surface area contributed by atoms with Crippen LogP contribution in [-0.4, -0.2) is 34.4 Å². The normalized spacial score (nSPS) is 17.5. The molecule has 0 radical (unpaired) electrons. The van der Waals surface area contributed by atoms with Crippen LogP contribution in [0.2, 0.25) is 0 Å². The van der Waals surface area contributed by atoms with Crippen LogP contribution < -0.4 is 16.4 Å². The van der Waals surface area contributed by atoms with Crippen molar-refractivity contribution in [2.75, 3.05) is 12.4 Å². The van der Waals surface area contributed by atoms with Crippen molar-refractivity contribution in [1.82, 2.24) is 10.3 Å². The molecule has 1 aromatic heterocycles. The van der Waals surface area contributed by atoms with Gasteiger partial charge in [-0.3, -0.25) is 9.37 Å². The van der Waals surface area contributed by atoms with Gasteiger partial charge in [-0.2, -0.15) is 10.3 Å². The van der Waals surface area contributed by atoms with Crippen molar-refractivity contribution < 1.29 is 13.8 Å². The number of Topliss-reactive ketones (excluding diaryl/α,β-unsaturated/α-hetero) is 1. The Hall–Kier alpha value is -3.35. The lowest BCUT2D eigenvalue weighted by atomic mass is 9.88. The number of carbonyl (C=O) groups excluding carboxylic acids is 1. The quantitative estimate of drug-likeness (QED) is 0.439. The zero-order valence-corrected chi connectivity index (χ0v) is 18.7. The maximum absolute atomic E-state index is 12.7. The minimum atomic E-state index is -0.205. The molecule has 0 amide bonds. The third-order valence-electron chi connectivity index (χ3n) is 5.32. The molecule has 0 saturated carbocycles. The number of nitrogens with zero attached hydrogens (tertiary/aromatic N) is 2. The maximum atomic E-state index is 12.7. The highest BCUT2D eigenvalue weighted by Crippen LogP contribution is 2.28. The molecule has 1 atom stereocenters. The van der Waals surface area contributed by atoms with Gasteiger partial charge in [-0.05, 0) is 49.7 Å². The van der Waals surface area contributed by atoms with E-state index in [2.05, 4.69) is 29.5 Å². The average molecular weight is 423 g/mol. The number of benzene rings is 1. The maximum Gasteiger partial charge on any atom is 0.365 e. The standard InChI is InChI=1S/C24H31N5O2/c1-5-10-17(12-9-15-25)22-21(16(3)30)19(11-6-2)26-23(29(22)4)28-24-27-18-13-7-8-14-20(18)31-24/h7-9,12-15,22H,5-6,10-11,25H2,1-4H3,(H,26,27,28,30)/p+1/b15-9-,17-12+. The molecule has 1 unspecified atom stereocenters. The number of aromatic nitrogens is 1. The summed E-state index contributed by atoms with van der Waals surface area (Å²) in [6.07, 6.45) is 8.86. The molecule has 164 valence electrons. The minimum Gasteiger partial charge on any atom is -0.412 e. The second-order valence-electron chi connectivity index (χ2n) is 7.67. The zero-order chi connectivity index (χ0) is 22.4. The molecular formula is C24H32N5O2+. The van der Waals surface area contributed by atoms with Crippen molar-refractivity contribution in [3.8, 4) is 0 Å². The van der Waals surface area contributed by atoms with E-state index in [0.29, 0.717) is 11.6 Å². The lowest BCUT2D eigenvalue weighted by Crippen LogP contribution is -2.49. The minimum absolute atomic E-state index is 0.0624. The predicted molar refractivity (Wildman–Crippen MR) is 125 cm³/mol. The van der Waals surface area contributed by atoms with E-state index in [4.69, 9.17) is 10.2 Å². The molecule has 31 heavy (non-hydrogen) atoms. The Bertz CT molecular complexity index is 1040. The van der Waals surface area contributed by atoms with Gasteiger partial charge in [0.05, 0.1) is 18.3 Å². The molecule has 1 aliphatic heterocycles. The van der Waals surface area contributed by atoms with E-state index in [0.717, 1.165) is 54.0 Å². The van der Waals surface area contributed by atoms with Gasteiger partial charge >= 0.3 is 12.0 Å². The molecule has 2 aromatic rings. The molecule has 4 N–H and O–H groups in total. The van der Waals surface area contributed by atoms with Gasteiger partial charge in [-0.25, -0.2) is 5.32 Å². The highest BCUT2D eigenvalue weighted by atomic mass is 16.4. The number of ketones is 1. The van der Waals surface area contributed by atoms with Crippen LogP contribution in [-0.2, 0) is 4.79 Å². The van der Waals surface area contributed by atoms with Crippen LogP contribution in [0, 0.1) is 0 Å². The van der Waals surface area contributed by atoms with Crippen LogP contribution in [0.25, 0.3) is 11.1 Å². The topological polar surface area (TPSA) is 96.2 Å². The number of nitrogens with two attached hydrogens (primary N) is 1. The van der Waals surface area contributed by atoms with Crippen molar-refractivity contribution in [3.63, 3.8) is 0 Å². The average Bonchev–Trinajstić information content (AvgIpc) is 3.15. The second-order valence-corrected chi connectivity index (χ2v) is 7.67. The van der Waals surface area contributed by atoms with Gasteiger partial charge in [0.2, 0.25) is 0 Å². The Morgan fingerprint density at radius 3 is 2.74 bits per heavy atom. The molecule has 0 spiro atoms. The van der Waals surface area contributed by atoms with Crippen LogP contribution in [0.5, 0.6) is 0 Å². The smallest absolute Gasteiger partial charge is 0.365 e. The molecule has 2 heterocycles. The summed E-state index contributed by atoms with van der Waals surface area (Å²) in [5.41, 5.74) is 9.95. The van der Waals surface area contributed by atoms with Crippen molar-refractivity contribution in [2.24, 2.45) is 5.73 Å². The third-order valence-corrected chi connectivity index (χ3v) is 5.32. The van der Waals surface area contributed by atoms with Crippen molar-refractivity contribution in [3.05, 3.63) is 59.5 Å². The Kier molecular flexibility index (Phi) is 7.28. The fraction of sp³-hybridized carbons (Fsp3) is 0.375. The van der Waals surface area contributed by atoms with E-state index in [1.807, 2.05) is 48.0 Å². The van der Waals surface area contributed by atoms with E-state index in [1.54, 1.807) is 6.92 Å². The highest BCUT2D eigenvalue weighted by molar-refractivity contribution is 5.99. The fourth-order valence-corrected chi connectivity index (χ4v) is 4.00. The van der Waals surface area contributed by atoms with Crippen LogP contribution in [0.1, 0.15) is 46.5 Å². The number of guanidine groups is 1. The number of anilines is 1. The second kappa shape index (κ2) is 10.1. The number of rotatable bonds is 8. The lowest BCUT2D eigenvalue weighted by molar-refractivity contribution is -0.522. The van der Waals surface area contributed by atoms with Crippen molar-refractivity contribution in [1.29, 1.82) is 0 Å². The molecule has 7 heteroatoms. The van der Waals surface area contributed by atoms with E-state index in [1.165, 1.54) is 6.20 Å². The van der Waals surface area contributed by atoms with Gasteiger partial charge in [0.25, 0.3) is 0 Å². The number of oxazole rings is 1. The first kappa shape index (κ1) is 22.3. The van der Waals surface area contributed by atoms with E-state index < -0.39 is 0 Å². The molecule has 0 saturated heterocycles. The number of nitrogens with one attached hydrogen (secondary N) is 2. The summed E-state index contributed by atoms with van der Waals surface area (Å²) in [4.78, 5) is 17.3. The third kappa shape index (κ3) is 4.87. The van der Waals surface area contributed by atoms with Gasteiger partial charge in [0, 0.05) is 6.42 Å². The van der Waals surface area contributed by atoms with Crippen molar-refractivity contribution in [2.45, 2.75) is 52.5 Å². The Morgan fingerprint density at radius 1 is 1.32 bits per heavy atom. The summed E-state index contributed by atoms with van der Waals surface area (Å²) in [5, 5.41) is 6.72. The first-order valence-electron chi connectivity index (χ1n) is 10.8.